The number of amides is 1. The van der Waals surface area contributed by atoms with E-state index in [1.165, 1.54) is 25.7 Å². The molecule has 0 bridgehead atoms. The Hall–Kier alpha value is -1.20. The van der Waals surface area contributed by atoms with E-state index < -0.39 is 0 Å². The van der Waals surface area contributed by atoms with Gasteiger partial charge in [-0.1, -0.05) is 36.2 Å². The molecule has 23 heavy (non-hydrogen) atoms. The zero-order valence-electron chi connectivity index (χ0n) is 13.3. The highest BCUT2D eigenvalue weighted by Gasteiger charge is 2.30. The molecule has 1 atom stereocenters. The number of thioether (sulfide) groups is 1. The smallest absolute Gasteiger partial charge is 0.226 e. The Bertz CT molecular complexity index is 584. The van der Waals surface area contributed by atoms with E-state index >= 15 is 0 Å². The Balaban J connectivity index is 1.53. The van der Waals surface area contributed by atoms with E-state index in [1.807, 2.05) is 19.2 Å². The SMILES string of the molecule is CN1C(=NC2CCCC2)SCC1CC(=O)Nc1ccc(Cl)cc1. The lowest BCUT2D eigenvalue weighted by atomic mass is 10.2. The summed E-state index contributed by atoms with van der Waals surface area (Å²) in [6.07, 6.45) is 5.49. The summed E-state index contributed by atoms with van der Waals surface area (Å²) in [6, 6.07) is 7.90. The molecule has 1 saturated carbocycles. The Morgan fingerprint density at radius 1 is 1.35 bits per heavy atom. The first-order chi connectivity index (χ1) is 11.1. The number of nitrogens with one attached hydrogen (secondary N) is 1. The van der Waals surface area contributed by atoms with Crippen molar-refractivity contribution < 1.29 is 4.79 Å². The second kappa shape index (κ2) is 7.58. The second-order valence-electron chi connectivity index (χ2n) is 6.18. The summed E-state index contributed by atoms with van der Waals surface area (Å²) in [5.74, 6) is 0.961. The van der Waals surface area contributed by atoms with E-state index in [2.05, 4.69) is 10.2 Å². The number of carbonyl (C=O) groups excluding carboxylic acids is 1. The van der Waals surface area contributed by atoms with Crippen molar-refractivity contribution in [1.82, 2.24) is 4.90 Å². The standard InChI is InChI=1S/C17H22ClN3OS/c1-21-15(11-23-17(21)20-13-4-2-3-5-13)10-16(22)19-14-8-6-12(18)7-9-14/h6-9,13,15H,2-5,10-11H2,1H3,(H,19,22). The van der Waals surface area contributed by atoms with Crippen LogP contribution in [0.15, 0.2) is 29.3 Å². The number of rotatable bonds is 4. The van der Waals surface area contributed by atoms with Crippen molar-refractivity contribution in [1.29, 1.82) is 0 Å². The monoisotopic (exact) mass is 351 g/mol. The summed E-state index contributed by atoms with van der Waals surface area (Å²) in [5, 5.41) is 4.70. The number of aliphatic imine (C=N–C) groups is 1. The third-order valence-corrected chi connectivity index (χ3v) is 5.88. The highest BCUT2D eigenvalue weighted by molar-refractivity contribution is 8.14. The van der Waals surface area contributed by atoms with Crippen LogP contribution in [0, 0.1) is 0 Å². The van der Waals surface area contributed by atoms with Crippen molar-refractivity contribution in [2.75, 3.05) is 18.1 Å². The van der Waals surface area contributed by atoms with Gasteiger partial charge in [0.2, 0.25) is 5.91 Å². The second-order valence-corrected chi connectivity index (χ2v) is 7.61. The average Bonchev–Trinajstić information content (AvgIpc) is 3.15. The first-order valence-corrected chi connectivity index (χ1v) is 9.47. The molecule has 1 aromatic carbocycles. The molecule has 1 aliphatic carbocycles. The lowest BCUT2D eigenvalue weighted by Gasteiger charge is -2.21. The number of nitrogens with zero attached hydrogens (tertiary/aromatic N) is 2. The minimum Gasteiger partial charge on any atom is -0.350 e. The van der Waals surface area contributed by atoms with Gasteiger partial charge in [-0.3, -0.25) is 9.79 Å². The van der Waals surface area contributed by atoms with E-state index in [-0.39, 0.29) is 11.9 Å². The van der Waals surface area contributed by atoms with Crippen molar-refractivity contribution in [2.45, 2.75) is 44.2 Å². The fourth-order valence-electron chi connectivity index (χ4n) is 3.01. The normalized spacial score (nSPS) is 23.7. The molecular formula is C17H22ClN3OS. The Morgan fingerprint density at radius 2 is 2.04 bits per heavy atom. The van der Waals surface area contributed by atoms with Crippen molar-refractivity contribution in [2.24, 2.45) is 4.99 Å². The number of carbonyl (C=O) groups is 1. The van der Waals surface area contributed by atoms with Crippen LogP contribution in [0.4, 0.5) is 5.69 Å². The van der Waals surface area contributed by atoms with Gasteiger partial charge in [0, 0.05) is 36.0 Å². The van der Waals surface area contributed by atoms with Gasteiger partial charge in [-0.2, -0.15) is 0 Å². The van der Waals surface area contributed by atoms with Crippen LogP contribution in [0.3, 0.4) is 0 Å². The Labute approximate surface area is 146 Å². The molecule has 4 nitrogen and oxygen atoms in total. The third kappa shape index (κ3) is 4.42. The van der Waals surface area contributed by atoms with Crippen LogP contribution in [0.5, 0.6) is 0 Å². The number of anilines is 1. The van der Waals surface area contributed by atoms with Gasteiger partial charge in [-0.15, -0.1) is 0 Å². The summed E-state index contributed by atoms with van der Waals surface area (Å²) < 4.78 is 0. The first-order valence-electron chi connectivity index (χ1n) is 8.10. The third-order valence-electron chi connectivity index (χ3n) is 4.42. The van der Waals surface area contributed by atoms with Crippen molar-refractivity contribution >= 4 is 40.1 Å². The van der Waals surface area contributed by atoms with Gasteiger partial charge in [-0.05, 0) is 37.1 Å². The number of halogens is 1. The number of amidine groups is 1. The molecule has 1 N–H and O–H groups in total. The molecule has 3 rings (SSSR count). The molecular weight excluding hydrogens is 330 g/mol. The molecule has 0 radical (unpaired) electrons. The molecule has 1 heterocycles. The predicted molar refractivity (Wildman–Crippen MR) is 98.4 cm³/mol. The van der Waals surface area contributed by atoms with E-state index in [0.717, 1.165) is 16.6 Å². The minimum atomic E-state index is 0.0342. The topological polar surface area (TPSA) is 44.7 Å². The Kier molecular flexibility index (Phi) is 5.49. The maximum atomic E-state index is 12.2. The molecule has 0 spiro atoms. The fraction of sp³-hybridized carbons (Fsp3) is 0.529. The van der Waals surface area contributed by atoms with Gasteiger partial charge in [-0.25, -0.2) is 0 Å². The van der Waals surface area contributed by atoms with Crippen LogP contribution < -0.4 is 5.32 Å². The maximum Gasteiger partial charge on any atom is 0.226 e. The van der Waals surface area contributed by atoms with Gasteiger partial charge in [0.25, 0.3) is 0 Å². The zero-order valence-corrected chi connectivity index (χ0v) is 14.9. The highest BCUT2D eigenvalue weighted by Crippen LogP contribution is 2.28. The highest BCUT2D eigenvalue weighted by atomic mass is 35.5. The molecule has 1 amide bonds. The quantitative estimate of drug-likeness (QED) is 0.891. The lowest BCUT2D eigenvalue weighted by molar-refractivity contribution is -0.116. The van der Waals surface area contributed by atoms with Gasteiger partial charge >= 0.3 is 0 Å². The molecule has 6 heteroatoms. The molecule has 1 saturated heterocycles. The van der Waals surface area contributed by atoms with E-state index in [4.69, 9.17) is 16.6 Å². The van der Waals surface area contributed by atoms with Crippen LogP contribution in [0.2, 0.25) is 5.02 Å². The van der Waals surface area contributed by atoms with E-state index in [0.29, 0.717) is 17.5 Å². The van der Waals surface area contributed by atoms with Crippen molar-refractivity contribution in [3.05, 3.63) is 29.3 Å². The minimum absolute atomic E-state index is 0.0342. The predicted octanol–water partition coefficient (Wildman–Crippen LogP) is 4.01. The molecule has 1 aromatic rings. The number of hydrogen-bond donors (Lipinski definition) is 1. The molecule has 2 fully saturated rings. The summed E-state index contributed by atoms with van der Waals surface area (Å²) >= 11 is 7.63. The van der Waals surface area contributed by atoms with Crippen LogP contribution in [-0.2, 0) is 4.79 Å². The first kappa shape index (κ1) is 16.7. The summed E-state index contributed by atoms with van der Waals surface area (Å²) in [5.41, 5.74) is 0.785. The zero-order chi connectivity index (χ0) is 16.2. The molecule has 2 aliphatic rings. The molecule has 1 aliphatic heterocycles. The van der Waals surface area contributed by atoms with Crippen LogP contribution >= 0.6 is 23.4 Å². The molecule has 1 unspecified atom stereocenters. The number of hydrogen-bond acceptors (Lipinski definition) is 3. The fourth-order valence-corrected chi connectivity index (χ4v) is 4.40. The Morgan fingerprint density at radius 3 is 2.74 bits per heavy atom. The van der Waals surface area contributed by atoms with Crippen molar-refractivity contribution in [3.63, 3.8) is 0 Å². The van der Waals surface area contributed by atoms with Crippen LogP contribution in [0.1, 0.15) is 32.1 Å². The maximum absolute atomic E-state index is 12.2. The summed E-state index contributed by atoms with van der Waals surface area (Å²) in [6.45, 7) is 0. The van der Waals surface area contributed by atoms with Crippen LogP contribution in [0.25, 0.3) is 0 Å². The average molecular weight is 352 g/mol. The molecule has 0 aromatic heterocycles. The van der Waals surface area contributed by atoms with Crippen molar-refractivity contribution in [3.8, 4) is 0 Å². The largest absolute Gasteiger partial charge is 0.350 e. The summed E-state index contributed by atoms with van der Waals surface area (Å²) in [7, 11) is 2.05. The lowest BCUT2D eigenvalue weighted by Crippen LogP contribution is -2.34. The van der Waals surface area contributed by atoms with Crippen LogP contribution in [-0.4, -0.2) is 40.9 Å². The van der Waals surface area contributed by atoms with E-state index in [9.17, 15) is 4.79 Å². The van der Waals surface area contributed by atoms with Gasteiger partial charge in [0.1, 0.15) is 0 Å². The van der Waals surface area contributed by atoms with E-state index in [1.54, 1.807) is 23.9 Å². The van der Waals surface area contributed by atoms with Gasteiger partial charge < -0.3 is 10.2 Å². The number of benzene rings is 1. The summed E-state index contributed by atoms with van der Waals surface area (Å²) in [4.78, 5) is 19.3. The van der Waals surface area contributed by atoms with Gasteiger partial charge in [0.05, 0.1) is 6.04 Å². The molecule has 124 valence electrons. The van der Waals surface area contributed by atoms with Gasteiger partial charge in [0.15, 0.2) is 5.17 Å².